The van der Waals surface area contributed by atoms with Crippen LogP contribution in [0.15, 0.2) is 36.4 Å². The highest BCUT2D eigenvalue weighted by atomic mass is 16.7. The van der Waals surface area contributed by atoms with E-state index in [2.05, 4.69) is 6.58 Å². The Labute approximate surface area is 117 Å². The van der Waals surface area contributed by atoms with Crippen molar-refractivity contribution in [3.63, 3.8) is 0 Å². The van der Waals surface area contributed by atoms with Crippen molar-refractivity contribution in [2.45, 2.75) is 32.8 Å². The van der Waals surface area contributed by atoms with Crippen LogP contribution in [0.4, 0.5) is 4.79 Å². The number of carboxylic acid groups (broad SMARTS) is 1. The first kappa shape index (κ1) is 15.8. The Balaban J connectivity index is 2.61. The minimum Gasteiger partial charge on any atom is -0.478 e. The van der Waals surface area contributed by atoms with Gasteiger partial charge in [0.2, 0.25) is 0 Å². The third-order valence-corrected chi connectivity index (χ3v) is 2.23. The second-order valence-corrected chi connectivity index (χ2v) is 5.30. The normalized spacial score (nSPS) is 10.8. The number of ether oxygens (including phenoxy) is 2. The Morgan fingerprint density at radius 3 is 2.20 bits per heavy atom. The molecule has 1 aromatic rings. The van der Waals surface area contributed by atoms with Crippen LogP contribution in [0.2, 0.25) is 0 Å². The first-order valence-corrected chi connectivity index (χ1v) is 6.08. The van der Waals surface area contributed by atoms with Gasteiger partial charge >= 0.3 is 12.1 Å². The van der Waals surface area contributed by atoms with E-state index in [0.29, 0.717) is 5.75 Å². The summed E-state index contributed by atoms with van der Waals surface area (Å²) in [5.41, 5.74) is 0.260. The monoisotopic (exact) mass is 278 g/mol. The molecule has 20 heavy (non-hydrogen) atoms. The summed E-state index contributed by atoms with van der Waals surface area (Å²) >= 11 is 0. The molecule has 5 heteroatoms. The lowest BCUT2D eigenvalue weighted by molar-refractivity contribution is -0.132. The number of carbonyl (C=O) groups excluding carboxylic acids is 1. The summed E-state index contributed by atoms with van der Waals surface area (Å²) in [5.74, 6) is -0.692. The lowest BCUT2D eigenvalue weighted by atomic mass is 10.1. The summed E-state index contributed by atoms with van der Waals surface area (Å²) in [5, 5.41) is 8.74. The van der Waals surface area contributed by atoms with Gasteiger partial charge in [0.05, 0.1) is 0 Å². The molecule has 5 nitrogen and oxygen atoms in total. The zero-order valence-corrected chi connectivity index (χ0v) is 11.8. The fourth-order valence-electron chi connectivity index (χ4n) is 1.36. The molecule has 0 spiro atoms. The minimum absolute atomic E-state index is 0.103. The lowest BCUT2D eigenvalue weighted by Gasteiger charge is -2.18. The molecular formula is C15H18O5. The maximum absolute atomic E-state index is 11.4. The van der Waals surface area contributed by atoms with Gasteiger partial charge in [-0.2, -0.15) is 0 Å². The van der Waals surface area contributed by atoms with E-state index in [1.54, 1.807) is 45.0 Å². The van der Waals surface area contributed by atoms with Crippen molar-refractivity contribution in [3.05, 3.63) is 42.0 Å². The van der Waals surface area contributed by atoms with Gasteiger partial charge in [-0.3, -0.25) is 0 Å². The first-order valence-electron chi connectivity index (χ1n) is 6.08. The number of hydrogen-bond acceptors (Lipinski definition) is 4. The number of aliphatic carboxylic acids is 1. The van der Waals surface area contributed by atoms with Gasteiger partial charge in [0.15, 0.2) is 0 Å². The minimum atomic E-state index is -1.03. The van der Waals surface area contributed by atoms with E-state index in [1.807, 2.05) is 0 Å². The summed E-state index contributed by atoms with van der Waals surface area (Å²) < 4.78 is 10.0. The van der Waals surface area contributed by atoms with Crippen molar-refractivity contribution in [1.82, 2.24) is 0 Å². The largest absolute Gasteiger partial charge is 0.514 e. The molecule has 108 valence electrons. The van der Waals surface area contributed by atoms with E-state index >= 15 is 0 Å². The van der Waals surface area contributed by atoms with Crippen LogP contribution in [0.25, 0.3) is 0 Å². The molecule has 0 aliphatic carbocycles. The fraction of sp³-hybridized carbons (Fsp3) is 0.333. The first-order chi connectivity index (χ1) is 9.17. The van der Waals surface area contributed by atoms with E-state index < -0.39 is 17.7 Å². The average molecular weight is 278 g/mol. The highest BCUT2D eigenvalue weighted by molar-refractivity contribution is 5.86. The van der Waals surface area contributed by atoms with Crippen LogP contribution in [-0.2, 0) is 16.0 Å². The Bertz CT molecular complexity index is 508. The van der Waals surface area contributed by atoms with Crippen LogP contribution in [0.5, 0.6) is 5.75 Å². The summed E-state index contributed by atoms with van der Waals surface area (Å²) in [6, 6.07) is 6.50. The van der Waals surface area contributed by atoms with Crippen molar-refractivity contribution in [1.29, 1.82) is 0 Å². The standard InChI is InChI=1S/C15H18O5/c1-10(13(16)17)9-11-5-7-12(8-6-11)19-14(18)20-15(2,3)4/h5-8H,1,9H2,2-4H3,(H,16,17). The maximum atomic E-state index is 11.4. The highest BCUT2D eigenvalue weighted by Gasteiger charge is 2.18. The smallest absolute Gasteiger partial charge is 0.478 e. The second-order valence-electron chi connectivity index (χ2n) is 5.30. The Hall–Kier alpha value is -2.30. The van der Waals surface area contributed by atoms with E-state index in [1.165, 1.54) is 0 Å². The summed E-state index contributed by atoms with van der Waals surface area (Å²) in [7, 11) is 0. The molecule has 0 radical (unpaired) electrons. The van der Waals surface area contributed by atoms with Gasteiger partial charge in [-0.05, 0) is 38.5 Å². The maximum Gasteiger partial charge on any atom is 0.514 e. The fourth-order valence-corrected chi connectivity index (χ4v) is 1.36. The molecular weight excluding hydrogens is 260 g/mol. The van der Waals surface area contributed by atoms with Crippen molar-refractivity contribution in [3.8, 4) is 5.75 Å². The topological polar surface area (TPSA) is 72.8 Å². The summed E-state index contributed by atoms with van der Waals surface area (Å²) in [6.45, 7) is 8.69. The number of carbonyl (C=O) groups is 2. The van der Waals surface area contributed by atoms with Gasteiger partial charge in [-0.15, -0.1) is 0 Å². The Kier molecular flexibility index (Phi) is 4.91. The van der Waals surface area contributed by atoms with Crippen molar-refractivity contribution in [2.75, 3.05) is 0 Å². The second kappa shape index (κ2) is 6.23. The number of carboxylic acids is 1. The van der Waals surface area contributed by atoms with Crippen molar-refractivity contribution in [2.24, 2.45) is 0 Å². The molecule has 0 atom stereocenters. The van der Waals surface area contributed by atoms with E-state index in [0.717, 1.165) is 5.56 Å². The van der Waals surface area contributed by atoms with Crippen LogP contribution in [0.1, 0.15) is 26.3 Å². The molecule has 0 bridgehead atoms. The summed E-state index contributed by atoms with van der Waals surface area (Å²) in [6.07, 6.45) is -0.539. The lowest BCUT2D eigenvalue weighted by Crippen LogP contribution is -2.25. The van der Waals surface area contributed by atoms with Gasteiger partial charge in [0.25, 0.3) is 0 Å². The zero-order valence-electron chi connectivity index (χ0n) is 11.8. The Morgan fingerprint density at radius 2 is 1.75 bits per heavy atom. The van der Waals surface area contributed by atoms with Gasteiger partial charge < -0.3 is 14.6 Å². The molecule has 1 N–H and O–H groups in total. The molecule has 0 aliphatic heterocycles. The number of rotatable bonds is 4. The van der Waals surface area contributed by atoms with Gasteiger partial charge in [-0.1, -0.05) is 18.7 Å². The molecule has 0 aromatic heterocycles. The predicted molar refractivity (Wildman–Crippen MR) is 73.8 cm³/mol. The highest BCUT2D eigenvalue weighted by Crippen LogP contribution is 2.16. The molecule has 1 aromatic carbocycles. The SMILES string of the molecule is C=C(Cc1ccc(OC(=O)OC(C)(C)C)cc1)C(=O)O. The molecule has 1 rings (SSSR count). The molecule has 0 unspecified atom stereocenters. The van der Waals surface area contributed by atoms with Crippen molar-refractivity contribution < 1.29 is 24.2 Å². The van der Waals surface area contributed by atoms with E-state index in [-0.39, 0.29) is 12.0 Å². The molecule has 0 aliphatic rings. The zero-order chi connectivity index (χ0) is 15.3. The Morgan fingerprint density at radius 1 is 1.20 bits per heavy atom. The molecule has 0 saturated heterocycles. The molecule has 0 amide bonds. The van der Waals surface area contributed by atoms with E-state index in [9.17, 15) is 9.59 Å². The average Bonchev–Trinajstić information content (AvgIpc) is 2.28. The molecule has 0 saturated carbocycles. The predicted octanol–water partition coefficient (Wildman–Crippen LogP) is 3.18. The number of benzene rings is 1. The van der Waals surface area contributed by atoms with Gasteiger partial charge in [0, 0.05) is 12.0 Å². The van der Waals surface area contributed by atoms with E-state index in [4.69, 9.17) is 14.6 Å². The third kappa shape index (κ3) is 5.56. The van der Waals surface area contributed by atoms with Crippen molar-refractivity contribution >= 4 is 12.1 Å². The summed E-state index contributed by atoms with van der Waals surface area (Å²) in [4.78, 5) is 22.1. The molecule has 0 heterocycles. The van der Waals surface area contributed by atoms with Crippen LogP contribution in [-0.4, -0.2) is 22.8 Å². The van der Waals surface area contributed by atoms with Crippen LogP contribution < -0.4 is 4.74 Å². The number of hydrogen-bond donors (Lipinski definition) is 1. The van der Waals surface area contributed by atoms with Crippen LogP contribution in [0, 0.1) is 0 Å². The van der Waals surface area contributed by atoms with Crippen LogP contribution in [0.3, 0.4) is 0 Å². The molecule has 0 fully saturated rings. The van der Waals surface area contributed by atoms with Gasteiger partial charge in [-0.25, -0.2) is 9.59 Å². The third-order valence-electron chi connectivity index (χ3n) is 2.23. The quantitative estimate of drug-likeness (QED) is 0.520. The van der Waals surface area contributed by atoms with Gasteiger partial charge in [0.1, 0.15) is 11.4 Å². The van der Waals surface area contributed by atoms with Crippen LogP contribution >= 0.6 is 0 Å².